The summed E-state index contributed by atoms with van der Waals surface area (Å²) in [7, 11) is 0. The number of nitrogens with zero attached hydrogens (tertiary/aromatic N) is 2. The Balaban J connectivity index is 1.63. The zero-order valence-electron chi connectivity index (χ0n) is 15.7. The monoisotopic (exact) mass is 421 g/mol. The number of carbonyl (C=O) groups excluding carboxylic acids is 1. The molecular weight excluding hydrogens is 402 g/mol. The molecule has 0 aliphatic heterocycles. The van der Waals surface area contributed by atoms with Crippen LogP contribution >= 0.6 is 23.1 Å². The quantitative estimate of drug-likeness (QED) is 0.242. The Bertz CT molecular complexity index is 1130. The largest absolute Gasteiger partial charge is 0.508 e. The molecule has 1 atom stereocenters. The summed E-state index contributed by atoms with van der Waals surface area (Å²) in [6.45, 7) is 1.98. The predicted molar refractivity (Wildman–Crippen MR) is 120 cm³/mol. The van der Waals surface area contributed by atoms with Crippen LogP contribution in [0, 0.1) is 0 Å². The fourth-order valence-corrected chi connectivity index (χ4v) is 5.01. The fourth-order valence-electron chi connectivity index (χ4n) is 2.99. The van der Waals surface area contributed by atoms with Crippen LogP contribution in [0.15, 0.2) is 71.3 Å². The molecule has 0 aliphatic carbocycles. The SMILES string of the molecule is CCC(Sc1ncnc2scc(-c3ccccc3)c12)C(=O)Nc1ccc(O)cc1. The van der Waals surface area contributed by atoms with Gasteiger partial charge in [0.25, 0.3) is 0 Å². The number of aromatic hydroxyl groups is 1. The van der Waals surface area contributed by atoms with Crippen LogP contribution in [-0.4, -0.2) is 26.2 Å². The van der Waals surface area contributed by atoms with Gasteiger partial charge in [0.05, 0.1) is 10.6 Å². The summed E-state index contributed by atoms with van der Waals surface area (Å²) >= 11 is 3.04. The smallest absolute Gasteiger partial charge is 0.237 e. The van der Waals surface area contributed by atoms with E-state index in [1.54, 1.807) is 41.9 Å². The Labute approximate surface area is 176 Å². The number of phenolic OH excluding ortho intramolecular Hbond substituents is 1. The Hall–Kier alpha value is -2.90. The Morgan fingerprint density at radius 1 is 1.14 bits per heavy atom. The van der Waals surface area contributed by atoms with Crippen molar-refractivity contribution >= 4 is 44.9 Å². The van der Waals surface area contributed by atoms with Gasteiger partial charge in [-0.3, -0.25) is 4.79 Å². The average molecular weight is 422 g/mol. The number of benzene rings is 2. The van der Waals surface area contributed by atoms with Crippen molar-refractivity contribution in [1.82, 2.24) is 9.97 Å². The molecule has 146 valence electrons. The maximum atomic E-state index is 12.8. The van der Waals surface area contributed by atoms with Gasteiger partial charge in [-0.05, 0) is 36.2 Å². The third-order valence-electron chi connectivity index (χ3n) is 4.47. The van der Waals surface area contributed by atoms with Crippen LogP contribution < -0.4 is 5.32 Å². The number of thioether (sulfide) groups is 1. The van der Waals surface area contributed by atoms with Crippen molar-refractivity contribution in [2.75, 3.05) is 5.32 Å². The number of phenols is 1. The van der Waals surface area contributed by atoms with E-state index >= 15 is 0 Å². The van der Waals surface area contributed by atoms with Crippen molar-refractivity contribution in [2.24, 2.45) is 0 Å². The Morgan fingerprint density at radius 2 is 1.90 bits per heavy atom. The lowest BCUT2D eigenvalue weighted by Gasteiger charge is -2.15. The maximum Gasteiger partial charge on any atom is 0.237 e. The first-order valence-electron chi connectivity index (χ1n) is 9.20. The van der Waals surface area contributed by atoms with Crippen LogP contribution in [0.3, 0.4) is 0 Å². The third kappa shape index (κ3) is 4.26. The van der Waals surface area contributed by atoms with Gasteiger partial charge in [0.15, 0.2) is 0 Å². The van der Waals surface area contributed by atoms with Crippen LogP contribution in [0.2, 0.25) is 0 Å². The van der Waals surface area contributed by atoms with Gasteiger partial charge in [-0.2, -0.15) is 0 Å². The third-order valence-corrected chi connectivity index (χ3v) is 6.72. The molecule has 0 bridgehead atoms. The summed E-state index contributed by atoms with van der Waals surface area (Å²) in [5.74, 6) is 0.0742. The molecule has 0 fully saturated rings. The summed E-state index contributed by atoms with van der Waals surface area (Å²) in [4.78, 5) is 22.7. The normalized spacial score (nSPS) is 12.0. The summed E-state index contributed by atoms with van der Waals surface area (Å²) in [5, 5.41) is 15.9. The second-order valence-electron chi connectivity index (χ2n) is 6.43. The molecule has 4 rings (SSSR count). The molecule has 7 heteroatoms. The summed E-state index contributed by atoms with van der Waals surface area (Å²) in [6, 6.07) is 16.6. The van der Waals surface area contributed by atoms with Crippen LogP contribution in [0.5, 0.6) is 5.75 Å². The first-order chi connectivity index (χ1) is 14.2. The minimum absolute atomic E-state index is 0.0913. The first kappa shape index (κ1) is 19.4. The van der Waals surface area contributed by atoms with Gasteiger partial charge in [-0.1, -0.05) is 49.0 Å². The lowest BCUT2D eigenvalue weighted by atomic mass is 10.1. The number of nitrogens with one attached hydrogen (secondary N) is 1. The van der Waals surface area contributed by atoms with Gasteiger partial charge in [-0.25, -0.2) is 9.97 Å². The van der Waals surface area contributed by atoms with Crippen molar-refractivity contribution in [3.63, 3.8) is 0 Å². The standard InChI is InChI=1S/C22H19N3O2S2/c1-2-18(20(27)25-15-8-10-16(26)11-9-15)29-22-19-17(14-6-4-3-5-7-14)12-28-21(19)23-13-24-22/h3-13,18,26H,2H2,1H3,(H,25,27). The van der Waals surface area contributed by atoms with Gasteiger partial charge in [-0.15, -0.1) is 11.3 Å². The Morgan fingerprint density at radius 3 is 2.62 bits per heavy atom. The topological polar surface area (TPSA) is 75.1 Å². The summed E-state index contributed by atoms with van der Waals surface area (Å²) in [6.07, 6.45) is 2.21. The zero-order chi connectivity index (χ0) is 20.2. The van der Waals surface area contributed by atoms with Crippen LogP contribution in [0.25, 0.3) is 21.3 Å². The molecule has 2 aromatic carbocycles. The van der Waals surface area contributed by atoms with E-state index in [4.69, 9.17) is 0 Å². The van der Waals surface area contributed by atoms with E-state index in [2.05, 4.69) is 32.8 Å². The number of hydrogen-bond acceptors (Lipinski definition) is 6. The number of thiophene rings is 1. The van der Waals surface area contributed by atoms with E-state index < -0.39 is 0 Å². The van der Waals surface area contributed by atoms with E-state index in [1.807, 2.05) is 25.1 Å². The van der Waals surface area contributed by atoms with Crippen molar-refractivity contribution in [2.45, 2.75) is 23.6 Å². The van der Waals surface area contributed by atoms with Gasteiger partial charge in [0.2, 0.25) is 5.91 Å². The van der Waals surface area contributed by atoms with Gasteiger partial charge >= 0.3 is 0 Å². The molecule has 5 nitrogen and oxygen atoms in total. The van der Waals surface area contributed by atoms with E-state index in [-0.39, 0.29) is 16.9 Å². The number of anilines is 1. The summed E-state index contributed by atoms with van der Waals surface area (Å²) < 4.78 is 0. The fraction of sp³-hybridized carbons (Fsp3) is 0.136. The van der Waals surface area contributed by atoms with Crippen molar-refractivity contribution < 1.29 is 9.90 Å². The molecule has 2 N–H and O–H groups in total. The van der Waals surface area contributed by atoms with Crippen LogP contribution in [-0.2, 0) is 4.79 Å². The highest BCUT2D eigenvalue weighted by Crippen LogP contribution is 2.39. The molecule has 0 spiro atoms. The molecule has 0 saturated heterocycles. The number of hydrogen-bond donors (Lipinski definition) is 2. The lowest BCUT2D eigenvalue weighted by Crippen LogP contribution is -2.24. The van der Waals surface area contributed by atoms with Gasteiger partial charge < -0.3 is 10.4 Å². The maximum absolute atomic E-state index is 12.8. The minimum Gasteiger partial charge on any atom is -0.508 e. The van der Waals surface area contributed by atoms with Crippen LogP contribution in [0.1, 0.15) is 13.3 Å². The van der Waals surface area contributed by atoms with E-state index in [9.17, 15) is 9.90 Å². The molecule has 0 aliphatic rings. The van der Waals surface area contributed by atoms with Crippen molar-refractivity contribution in [3.8, 4) is 16.9 Å². The van der Waals surface area contributed by atoms with Crippen molar-refractivity contribution in [1.29, 1.82) is 0 Å². The minimum atomic E-state index is -0.301. The van der Waals surface area contributed by atoms with E-state index in [0.717, 1.165) is 26.4 Å². The predicted octanol–water partition coefficient (Wildman–Crippen LogP) is 5.57. The number of fused-ring (bicyclic) bond motifs is 1. The van der Waals surface area contributed by atoms with Crippen LogP contribution in [0.4, 0.5) is 5.69 Å². The average Bonchev–Trinajstić information content (AvgIpc) is 3.19. The number of aromatic nitrogens is 2. The molecule has 2 aromatic heterocycles. The molecule has 1 unspecified atom stereocenters. The highest BCUT2D eigenvalue weighted by molar-refractivity contribution is 8.00. The molecule has 0 saturated carbocycles. The number of rotatable bonds is 6. The lowest BCUT2D eigenvalue weighted by molar-refractivity contribution is -0.115. The summed E-state index contributed by atoms with van der Waals surface area (Å²) in [5.41, 5.74) is 2.85. The Kier molecular flexibility index (Phi) is 5.78. The second-order valence-corrected chi connectivity index (χ2v) is 8.47. The number of carbonyl (C=O) groups is 1. The second kappa shape index (κ2) is 8.63. The van der Waals surface area contributed by atoms with Crippen molar-refractivity contribution in [3.05, 3.63) is 66.3 Å². The highest BCUT2D eigenvalue weighted by atomic mass is 32.2. The molecule has 29 heavy (non-hydrogen) atoms. The molecule has 1 amide bonds. The zero-order valence-corrected chi connectivity index (χ0v) is 17.3. The highest BCUT2D eigenvalue weighted by Gasteiger charge is 2.22. The molecular formula is C22H19N3O2S2. The first-order valence-corrected chi connectivity index (χ1v) is 11.0. The van der Waals surface area contributed by atoms with Gasteiger partial charge in [0, 0.05) is 16.6 Å². The van der Waals surface area contributed by atoms with E-state index in [0.29, 0.717) is 12.1 Å². The molecule has 2 heterocycles. The molecule has 4 aromatic rings. The molecule has 0 radical (unpaired) electrons. The van der Waals surface area contributed by atoms with Gasteiger partial charge in [0.1, 0.15) is 21.9 Å². The van der Waals surface area contributed by atoms with E-state index in [1.165, 1.54) is 11.8 Å². The number of amides is 1.